The minimum atomic E-state index is 0.0297. The minimum absolute atomic E-state index is 0.0297. The summed E-state index contributed by atoms with van der Waals surface area (Å²) in [6.45, 7) is 3.86. The molecule has 2 rings (SSSR count). The van der Waals surface area contributed by atoms with Crippen LogP contribution < -0.4 is 0 Å². The number of hydrogen-bond donors (Lipinski definition) is 0. The number of carbonyl (C=O) groups excluding carboxylic acids is 1. The van der Waals surface area contributed by atoms with Gasteiger partial charge < -0.3 is 4.90 Å². The van der Waals surface area contributed by atoms with Crippen molar-refractivity contribution in [3.63, 3.8) is 0 Å². The van der Waals surface area contributed by atoms with Crippen LogP contribution in [0.4, 0.5) is 0 Å². The van der Waals surface area contributed by atoms with Crippen LogP contribution in [0.1, 0.15) is 30.1 Å². The van der Waals surface area contributed by atoms with Gasteiger partial charge in [-0.2, -0.15) is 0 Å². The molecule has 0 N–H and O–H groups in total. The van der Waals surface area contributed by atoms with Crippen LogP contribution in [-0.4, -0.2) is 23.9 Å². The first-order valence-corrected chi connectivity index (χ1v) is 7.76. The molecule has 0 radical (unpaired) electrons. The van der Waals surface area contributed by atoms with Gasteiger partial charge in [-0.1, -0.05) is 30.1 Å². The number of amides is 1. The lowest BCUT2D eigenvalue weighted by Crippen LogP contribution is -2.37. The molecular weight excluding hydrogens is 384 g/mol. The van der Waals surface area contributed by atoms with E-state index in [9.17, 15) is 4.79 Å². The molecule has 18 heavy (non-hydrogen) atoms. The van der Waals surface area contributed by atoms with Crippen molar-refractivity contribution in [3.8, 4) is 0 Å². The van der Waals surface area contributed by atoms with E-state index in [1.807, 2.05) is 4.90 Å². The third kappa shape index (κ3) is 3.11. The lowest BCUT2D eigenvalue weighted by atomic mass is 9.98. The number of nitrogens with zero attached hydrogens (tertiary/aromatic N) is 1. The monoisotopic (exact) mass is 397 g/mol. The molecule has 1 saturated heterocycles. The molecule has 1 aliphatic heterocycles. The van der Waals surface area contributed by atoms with E-state index in [1.54, 1.807) is 12.1 Å². The van der Waals surface area contributed by atoms with Crippen molar-refractivity contribution in [2.75, 3.05) is 13.1 Å². The minimum Gasteiger partial charge on any atom is -0.339 e. The summed E-state index contributed by atoms with van der Waals surface area (Å²) in [7, 11) is 0. The van der Waals surface area contributed by atoms with Gasteiger partial charge in [-0.15, -0.1) is 0 Å². The molecule has 5 heteroatoms. The van der Waals surface area contributed by atoms with Gasteiger partial charge in [-0.3, -0.25) is 4.79 Å². The standard InChI is InChI=1S/C13H14Cl2INO/c1-8-2-4-17(5-3-8)13(18)9-6-10(14)12(16)11(15)7-9/h6-8H,2-5H2,1H3. The van der Waals surface area contributed by atoms with Crippen LogP contribution in [-0.2, 0) is 0 Å². The van der Waals surface area contributed by atoms with Crippen LogP contribution in [0.2, 0.25) is 10.0 Å². The van der Waals surface area contributed by atoms with Gasteiger partial charge in [0.05, 0.1) is 13.6 Å². The molecule has 0 unspecified atom stereocenters. The zero-order valence-electron chi connectivity index (χ0n) is 10.0. The summed E-state index contributed by atoms with van der Waals surface area (Å²) in [5.41, 5.74) is 0.583. The van der Waals surface area contributed by atoms with Crippen molar-refractivity contribution in [1.82, 2.24) is 4.90 Å². The van der Waals surface area contributed by atoms with Crippen molar-refractivity contribution in [1.29, 1.82) is 0 Å². The van der Waals surface area contributed by atoms with Gasteiger partial charge in [-0.25, -0.2) is 0 Å². The lowest BCUT2D eigenvalue weighted by molar-refractivity contribution is 0.0697. The second kappa shape index (κ2) is 5.97. The first-order chi connectivity index (χ1) is 8.49. The Labute approximate surface area is 131 Å². The van der Waals surface area contributed by atoms with E-state index in [-0.39, 0.29) is 5.91 Å². The van der Waals surface area contributed by atoms with Gasteiger partial charge in [0.2, 0.25) is 0 Å². The molecule has 0 saturated carbocycles. The van der Waals surface area contributed by atoms with E-state index in [1.165, 1.54) is 0 Å². The van der Waals surface area contributed by atoms with E-state index in [0.717, 1.165) is 29.5 Å². The van der Waals surface area contributed by atoms with Gasteiger partial charge in [0, 0.05) is 18.7 Å². The number of halogens is 3. The van der Waals surface area contributed by atoms with Crippen molar-refractivity contribution < 1.29 is 4.79 Å². The normalized spacial score (nSPS) is 17.0. The van der Waals surface area contributed by atoms with Crippen molar-refractivity contribution in [2.24, 2.45) is 5.92 Å². The molecule has 0 aromatic heterocycles. The van der Waals surface area contributed by atoms with Crippen LogP contribution in [0, 0.1) is 9.49 Å². The summed E-state index contributed by atoms with van der Waals surface area (Å²) in [6.07, 6.45) is 2.13. The van der Waals surface area contributed by atoms with Gasteiger partial charge >= 0.3 is 0 Å². The Bertz CT molecular complexity index is 447. The number of likely N-dealkylation sites (tertiary alicyclic amines) is 1. The maximum Gasteiger partial charge on any atom is 0.253 e. The van der Waals surface area contributed by atoms with E-state index < -0.39 is 0 Å². The molecular formula is C13H14Cl2INO. The first kappa shape index (κ1) is 14.4. The molecule has 1 aromatic carbocycles. The van der Waals surface area contributed by atoms with Crippen molar-refractivity contribution in [3.05, 3.63) is 31.3 Å². The van der Waals surface area contributed by atoms with E-state index >= 15 is 0 Å². The fourth-order valence-corrected chi connectivity index (χ4v) is 2.87. The molecule has 0 atom stereocenters. The fourth-order valence-electron chi connectivity index (χ4n) is 2.07. The van der Waals surface area contributed by atoms with Gasteiger partial charge in [-0.05, 0) is 53.5 Å². The third-order valence-electron chi connectivity index (χ3n) is 3.30. The highest BCUT2D eigenvalue weighted by atomic mass is 127. The zero-order chi connectivity index (χ0) is 13.3. The predicted octanol–water partition coefficient (Wildman–Crippen LogP) is 4.47. The third-order valence-corrected chi connectivity index (χ3v) is 5.70. The van der Waals surface area contributed by atoms with Crippen LogP contribution in [0.3, 0.4) is 0 Å². The Balaban J connectivity index is 2.19. The number of piperidine rings is 1. The Kier molecular flexibility index (Phi) is 4.78. The Morgan fingerprint density at radius 2 is 1.78 bits per heavy atom. The van der Waals surface area contributed by atoms with E-state index in [4.69, 9.17) is 23.2 Å². The average Bonchev–Trinajstić information content (AvgIpc) is 2.35. The number of benzene rings is 1. The molecule has 2 nitrogen and oxygen atoms in total. The highest BCUT2D eigenvalue weighted by Crippen LogP contribution is 2.29. The van der Waals surface area contributed by atoms with Crippen LogP contribution in [0.5, 0.6) is 0 Å². The van der Waals surface area contributed by atoms with Crippen LogP contribution in [0.25, 0.3) is 0 Å². The first-order valence-electron chi connectivity index (χ1n) is 5.93. The Morgan fingerprint density at radius 3 is 2.28 bits per heavy atom. The lowest BCUT2D eigenvalue weighted by Gasteiger charge is -2.30. The van der Waals surface area contributed by atoms with Gasteiger partial charge in [0.15, 0.2) is 0 Å². The topological polar surface area (TPSA) is 20.3 Å². The zero-order valence-corrected chi connectivity index (χ0v) is 13.7. The summed E-state index contributed by atoms with van der Waals surface area (Å²) in [6, 6.07) is 3.41. The number of rotatable bonds is 1. The second-order valence-corrected chi connectivity index (χ2v) is 6.62. The maximum absolute atomic E-state index is 12.3. The highest BCUT2D eigenvalue weighted by Gasteiger charge is 2.22. The van der Waals surface area contributed by atoms with Crippen LogP contribution >= 0.6 is 45.8 Å². The SMILES string of the molecule is CC1CCN(C(=O)c2cc(Cl)c(I)c(Cl)c2)CC1. The Hall–Kier alpha value is -0.000000000000000167. The highest BCUT2D eigenvalue weighted by molar-refractivity contribution is 14.1. The quantitative estimate of drug-likeness (QED) is 0.505. The molecule has 1 fully saturated rings. The average molecular weight is 398 g/mol. The van der Waals surface area contributed by atoms with Crippen molar-refractivity contribution in [2.45, 2.75) is 19.8 Å². The molecule has 1 aliphatic rings. The Morgan fingerprint density at radius 1 is 1.28 bits per heavy atom. The summed E-state index contributed by atoms with van der Waals surface area (Å²) in [5, 5.41) is 1.08. The second-order valence-electron chi connectivity index (χ2n) is 4.73. The number of hydrogen-bond acceptors (Lipinski definition) is 1. The molecule has 1 aromatic rings. The molecule has 1 amide bonds. The summed E-state index contributed by atoms with van der Waals surface area (Å²) in [4.78, 5) is 14.2. The molecule has 98 valence electrons. The predicted molar refractivity (Wildman–Crippen MR) is 83.5 cm³/mol. The summed E-state index contributed by atoms with van der Waals surface area (Å²) >= 11 is 14.2. The van der Waals surface area contributed by atoms with E-state index in [2.05, 4.69) is 29.5 Å². The largest absolute Gasteiger partial charge is 0.339 e. The molecule has 0 spiro atoms. The summed E-state index contributed by atoms with van der Waals surface area (Å²) in [5.74, 6) is 0.736. The summed E-state index contributed by atoms with van der Waals surface area (Å²) < 4.78 is 0.791. The number of carbonyl (C=O) groups is 1. The molecule has 0 bridgehead atoms. The van der Waals surface area contributed by atoms with Crippen LogP contribution in [0.15, 0.2) is 12.1 Å². The smallest absolute Gasteiger partial charge is 0.253 e. The fraction of sp³-hybridized carbons (Fsp3) is 0.462. The molecule has 0 aliphatic carbocycles. The van der Waals surface area contributed by atoms with E-state index in [0.29, 0.717) is 21.5 Å². The maximum atomic E-state index is 12.3. The molecule has 1 heterocycles. The van der Waals surface area contributed by atoms with Crippen molar-refractivity contribution >= 4 is 51.7 Å². The van der Waals surface area contributed by atoms with Gasteiger partial charge in [0.25, 0.3) is 5.91 Å². The van der Waals surface area contributed by atoms with Gasteiger partial charge in [0.1, 0.15) is 0 Å².